The van der Waals surface area contributed by atoms with E-state index in [0.717, 1.165) is 5.92 Å². The molecule has 0 aromatic carbocycles. The highest BCUT2D eigenvalue weighted by Crippen LogP contribution is 2.23. The zero-order valence-electron chi connectivity index (χ0n) is 17.0. The highest BCUT2D eigenvalue weighted by Gasteiger charge is 2.07. The number of hydrogen-bond acceptors (Lipinski definition) is 0. The fourth-order valence-corrected chi connectivity index (χ4v) is 3.71. The molecule has 0 nitrogen and oxygen atoms in total. The fourth-order valence-electron chi connectivity index (χ4n) is 3.71. The van der Waals surface area contributed by atoms with Gasteiger partial charge in [-0.15, -0.1) is 0 Å². The first-order valence-electron chi connectivity index (χ1n) is 11.3. The van der Waals surface area contributed by atoms with Crippen molar-refractivity contribution in [2.45, 2.75) is 143 Å². The van der Waals surface area contributed by atoms with Crippen molar-refractivity contribution >= 4 is 0 Å². The smallest absolute Gasteiger partial charge is 0.0414 e. The van der Waals surface area contributed by atoms with Gasteiger partial charge >= 0.3 is 0 Å². The molecule has 0 amide bonds. The van der Waals surface area contributed by atoms with Crippen molar-refractivity contribution in [3.8, 4) is 0 Å². The lowest BCUT2D eigenvalue weighted by atomic mass is 9.90. The quantitative estimate of drug-likeness (QED) is 0.208. The Hall–Kier alpha value is 0. The molecule has 0 aromatic heterocycles. The fraction of sp³-hybridized carbons (Fsp3) is 1.00. The summed E-state index contributed by atoms with van der Waals surface area (Å²) in [5, 5.41) is 0. The standard InChI is InChI=1S/C23H48/c1-4-7-10-11-12-13-14-15-16-17-19-22-23(20-9-6-3)21-18-8-5-2/h23H,4-22H2,1-3H3. The molecule has 0 saturated carbocycles. The van der Waals surface area contributed by atoms with Gasteiger partial charge in [-0.3, -0.25) is 0 Å². The summed E-state index contributed by atoms with van der Waals surface area (Å²) < 4.78 is 0. The van der Waals surface area contributed by atoms with E-state index in [-0.39, 0.29) is 0 Å². The van der Waals surface area contributed by atoms with Crippen molar-refractivity contribution in [1.29, 1.82) is 0 Å². The van der Waals surface area contributed by atoms with E-state index in [4.69, 9.17) is 0 Å². The van der Waals surface area contributed by atoms with Crippen molar-refractivity contribution in [2.24, 2.45) is 5.92 Å². The van der Waals surface area contributed by atoms with Crippen LogP contribution in [0.5, 0.6) is 0 Å². The second-order valence-corrected chi connectivity index (χ2v) is 7.83. The van der Waals surface area contributed by atoms with E-state index >= 15 is 0 Å². The lowest BCUT2D eigenvalue weighted by Gasteiger charge is -2.16. The van der Waals surface area contributed by atoms with Crippen LogP contribution in [0.15, 0.2) is 0 Å². The maximum Gasteiger partial charge on any atom is -0.0414 e. The second kappa shape index (κ2) is 20.0. The number of unbranched alkanes of at least 4 members (excludes halogenated alkanes) is 13. The van der Waals surface area contributed by atoms with Crippen LogP contribution in [0.25, 0.3) is 0 Å². The van der Waals surface area contributed by atoms with Crippen molar-refractivity contribution < 1.29 is 0 Å². The van der Waals surface area contributed by atoms with E-state index in [0.29, 0.717) is 0 Å². The summed E-state index contributed by atoms with van der Waals surface area (Å²) in [6.45, 7) is 6.97. The van der Waals surface area contributed by atoms with E-state index in [1.807, 2.05) is 0 Å². The molecule has 1 atom stereocenters. The summed E-state index contributed by atoms with van der Waals surface area (Å²) >= 11 is 0. The molecule has 0 fully saturated rings. The average molecular weight is 325 g/mol. The minimum absolute atomic E-state index is 1.04. The molecule has 0 radical (unpaired) electrons. The van der Waals surface area contributed by atoms with Gasteiger partial charge in [0.1, 0.15) is 0 Å². The zero-order valence-corrected chi connectivity index (χ0v) is 17.0. The SMILES string of the molecule is CCCCCCCCCCCCCC(CCCC)CCCCC. The normalized spacial score (nSPS) is 12.7. The maximum atomic E-state index is 2.34. The number of hydrogen-bond donors (Lipinski definition) is 0. The van der Waals surface area contributed by atoms with E-state index in [1.54, 1.807) is 0 Å². The van der Waals surface area contributed by atoms with Gasteiger partial charge in [-0.1, -0.05) is 143 Å². The monoisotopic (exact) mass is 324 g/mol. The number of rotatable bonds is 19. The van der Waals surface area contributed by atoms with Crippen molar-refractivity contribution in [3.05, 3.63) is 0 Å². The Morgan fingerprint density at radius 1 is 0.348 bits per heavy atom. The van der Waals surface area contributed by atoms with Crippen LogP contribution in [0.4, 0.5) is 0 Å². The molecule has 0 heterocycles. The van der Waals surface area contributed by atoms with E-state index in [2.05, 4.69) is 20.8 Å². The molecule has 1 unspecified atom stereocenters. The molecule has 0 spiro atoms. The van der Waals surface area contributed by atoms with Crippen molar-refractivity contribution in [3.63, 3.8) is 0 Å². The summed E-state index contributed by atoms with van der Waals surface area (Å²) in [5.74, 6) is 1.04. The molecular formula is C23H48. The third-order valence-corrected chi connectivity index (χ3v) is 5.40. The molecule has 140 valence electrons. The van der Waals surface area contributed by atoms with Crippen molar-refractivity contribution in [2.75, 3.05) is 0 Å². The maximum absolute atomic E-state index is 2.34. The van der Waals surface area contributed by atoms with Crippen LogP contribution in [0.2, 0.25) is 0 Å². The average Bonchev–Trinajstić information content (AvgIpc) is 2.57. The summed E-state index contributed by atoms with van der Waals surface area (Å²) in [6, 6.07) is 0. The van der Waals surface area contributed by atoms with E-state index in [9.17, 15) is 0 Å². The van der Waals surface area contributed by atoms with Gasteiger partial charge in [0.15, 0.2) is 0 Å². The third kappa shape index (κ3) is 18.2. The van der Waals surface area contributed by atoms with Crippen molar-refractivity contribution in [1.82, 2.24) is 0 Å². The van der Waals surface area contributed by atoms with Gasteiger partial charge < -0.3 is 0 Å². The summed E-state index contributed by atoms with van der Waals surface area (Å²) in [4.78, 5) is 0. The lowest BCUT2D eigenvalue weighted by molar-refractivity contribution is 0.373. The summed E-state index contributed by atoms with van der Waals surface area (Å²) in [6.07, 6.45) is 27.8. The minimum Gasteiger partial charge on any atom is -0.0654 e. The van der Waals surface area contributed by atoms with Crippen LogP contribution in [0, 0.1) is 5.92 Å². The molecule has 0 aliphatic rings. The first-order valence-corrected chi connectivity index (χ1v) is 11.3. The van der Waals surface area contributed by atoms with Gasteiger partial charge in [0.25, 0.3) is 0 Å². The molecule has 0 N–H and O–H groups in total. The Morgan fingerprint density at radius 2 is 0.652 bits per heavy atom. The highest BCUT2D eigenvalue weighted by atomic mass is 14.1. The van der Waals surface area contributed by atoms with E-state index < -0.39 is 0 Å². The van der Waals surface area contributed by atoms with Crippen LogP contribution < -0.4 is 0 Å². The van der Waals surface area contributed by atoms with Gasteiger partial charge in [-0.2, -0.15) is 0 Å². The van der Waals surface area contributed by atoms with Crippen LogP contribution in [-0.2, 0) is 0 Å². The third-order valence-electron chi connectivity index (χ3n) is 5.40. The van der Waals surface area contributed by atoms with Gasteiger partial charge in [0.05, 0.1) is 0 Å². The Morgan fingerprint density at radius 3 is 1.13 bits per heavy atom. The topological polar surface area (TPSA) is 0 Å². The molecule has 0 aromatic rings. The van der Waals surface area contributed by atoms with Gasteiger partial charge in [0.2, 0.25) is 0 Å². The molecule has 0 aliphatic carbocycles. The minimum atomic E-state index is 1.04. The van der Waals surface area contributed by atoms with Crippen LogP contribution in [0.1, 0.15) is 143 Å². The Kier molecular flexibility index (Phi) is 20.0. The highest BCUT2D eigenvalue weighted by molar-refractivity contribution is 4.61. The molecular weight excluding hydrogens is 276 g/mol. The summed E-state index contributed by atoms with van der Waals surface area (Å²) in [5.41, 5.74) is 0. The Bertz CT molecular complexity index is 196. The molecule has 0 rings (SSSR count). The van der Waals surface area contributed by atoms with Crippen LogP contribution in [0.3, 0.4) is 0 Å². The van der Waals surface area contributed by atoms with Gasteiger partial charge in [-0.05, 0) is 5.92 Å². The van der Waals surface area contributed by atoms with Gasteiger partial charge in [-0.25, -0.2) is 0 Å². The summed E-state index contributed by atoms with van der Waals surface area (Å²) in [7, 11) is 0. The van der Waals surface area contributed by atoms with Crippen LogP contribution >= 0.6 is 0 Å². The Balaban J connectivity index is 3.39. The molecule has 0 bridgehead atoms. The second-order valence-electron chi connectivity index (χ2n) is 7.83. The van der Waals surface area contributed by atoms with Crippen LogP contribution in [-0.4, -0.2) is 0 Å². The molecule has 0 aliphatic heterocycles. The van der Waals surface area contributed by atoms with Gasteiger partial charge in [0, 0.05) is 0 Å². The molecule has 0 heteroatoms. The zero-order chi connectivity index (χ0) is 17.0. The first kappa shape index (κ1) is 23.0. The predicted octanol–water partition coefficient (Wildman–Crippen LogP) is 9.07. The Labute approximate surface area is 149 Å². The predicted molar refractivity (Wildman–Crippen MR) is 108 cm³/mol. The van der Waals surface area contributed by atoms with E-state index in [1.165, 1.54) is 122 Å². The first-order chi connectivity index (χ1) is 11.3. The lowest BCUT2D eigenvalue weighted by Crippen LogP contribution is -2.01. The molecule has 0 saturated heterocycles. The molecule has 23 heavy (non-hydrogen) atoms. The largest absolute Gasteiger partial charge is 0.0654 e.